The molecule has 0 saturated carbocycles. The zero-order valence-corrected chi connectivity index (χ0v) is 7.09. The Balaban J connectivity index is 3.12. The molecule has 1 unspecified atom stereocenters. The minimum absolute atomic E-state index is 0.111. The van der Waals surface area contributed by atoms with E-state index in [1.807, 2.05) is 6.92 Å². The topological polar surface area (TPSA) is 18.5 Å². The van der Waals surface area contributed by atoms with E-state index in [-0.39, 0.29) is 6.29 Å². The molecule has 0 amide bonds. The molecule has 0 saturated heterocycles. The third kappa shape index (κ3) is 6.05. The van der Waals surface area contributed by atoms with Crippen LogP contribution in [0.2, 0.25) is 0 Å². The Labute approximate surface area is 63.5 Å². The maximum atomic E-state index is 5.28. The fourth-order valence-electron chi connectivity index (χ4n) is 0.542. The number of rotatable bonds is 5. The van der Waals surface area contributed by atoms with Gasteiger partial charge in [-0.25, -0.2) is 0 Å². The van der Waals surface area contributed by atoms with Crippen LogP contribution in [-0.2, 0) is 9.47 Å². The summed E-state index contributed by atoms with van der Waals surface area (Å²) in [5, 5.41) is 0. The normalized spacial score (nSPS) is 14.1. The fraction of sp³-hybridized carbons (Fsp3) is 0.875. The standard InChI is InChI=1S/C8H17O2/c1-5-9-8(4)10-6-7(2)3/h7-8H,1,5-6H2,2-4H3. The molecule has 0 bridgehead atoms. The van der Waals surface area contributed by atoms with Crippen molar-refractivity contribution >= 4 is 0 Å². The quantitative estimate of drug-likeness (QED) is 0.550. The first-order chi connectivity index (χ1) is 4.66. The van der Waals surface area contributed by atoms with Crippen LogP contribution in [0.25, 0.3) is 0 Å². The Hall–Kier alpha value is -0.0800. The van der Waals surface area contributed by atoms with E-state index in [1.165, 1.54) is 0 Å². The molecule has 0 fully saturated rings. The second kappa shape index (κ2) is 5.69. The van der Waals surface area contributed by atoms with E-state index >= 15 is 0 Å². The summed E-state index contributed by atoms with van der Waals surface area (Å²) in [4.78, 5) is 0. The molecule has 0 aliphatic rings. The molecule has 61 valence electrons. The summed E-state index contributed by atoms with van der Waals surface area (Å²) in [6, 6.07) is 0. The summed E-state index contributed by atoms with van der Waals surface area (Å²) in [5.74, 6) is 0.566. The lowest BCUT2D eigenvalue weighted by Crippen LogP contribution is -2.15. The third-order valence-corrected chi connectivity index (χ3v) is 1.02. The number of hydrogen-bond acceptors (Lipinski definition) is 2. The first-order valence-electron chi connectivity index (χ1n) is 3.69. The highest BCUT2D eigenvalue weighted by Crippen LogP contribution is 1.98. The van der Waals surface area contributed by atoms with Gasteiger partial charge in [-0.05, 0) is 19.8 Å². The molecule has 0 N–H and O–H groups in total. The van der Waals surface area contributed by atoms with Crippen LogP contribution in [0.4, 0.5) is 0 Å². The number of ether oxygens (including phenoxy) is 2. The second-order valence-corrected chi connectivity index (χ2v) is 2.67. The largest absolute Gasteiger partial charge is 0.353 e. The predicted molar refractivity (Wildman–Crippen MR) is 41.6 cm³/mol. The van der Waals surface area contributed by atoms with Crippen molar-refractivity contribution in [2.75, 3.05) is 13.2 Å². The van der Waals surface area contributed by atoms with Crippen LogP contribution in [0.15, 0.2) is 0 Å². The average molecular weight is 145 g/mol. The first-order valence-corrected chi connectivity index (χ1v) is 3.69. The van der Waals surface area contributed by atoms with Gasteiger partial charge in [0.15, 0.2) is 6.29 Å². The highest BCUT2D eigenvalue weighted by atomic mass is 16.7. The maximum Gasteiger partial charge on any atom is 0.154 e. The summed E-state index contributed by atoms with van der Waals surface area (Å²) < 4.78 is 10.3. The Morgan fingerprint density at radius 3 is 2.20 bits per heavy atom. The van der Waals surface area contributed by atoms with Crippen molar-refractivity contribution in [3.05, 3.63) is 6.92 Å². The van der Waals surface area contributed by atoms with Crippen LogP contribution in [0.1, 0.15) is 20.8 Å². The van der Waals surface area contributed by atoms with E-state index < -0.39 is 0 Å². The third-order valence-electron chi connectivity index (χ3n) is 1.02. The van der Waals surface area contributed by atoms with E-state index in [1.54, 1.807) is 0 Å². The molecule has 1 atom stereocenters. The van der Waals surface area contributed by atoms with Gasteiger partial charge in [0.1, 0.15) is 0 Å². The van der Waals surface area contributed by atoms with Crippen molar-refractivity contribution in [3.63, 3.8) is 0 Å². The van der Waals surface area contributed by atoms with Gasteiger partial charge in [0, 0.05) is 6.61 Å². The lowest BCUT2D eigenvalue weighted by atomic mass is 10.2. The van der Waals surface area contributed by atoms with E-state index in [0.717, 1.165) is 6.61 Å². The van der Waals surface area contributed by atoms with Crippen molar-refractivity contribution in [2.45, 2.75) is 27.1 Å². The van der Waals surface area contributed by atoms with Crippen molar-refractivity contribution in [1.29, 1.82) is 0 Å². The van der Waals surface area contributed by atoms with Gasteiger partial charge in [0.25, 0.3) is 0 Å². The average Bonchev–Trinajstić information content (AvgIpc) is 1.85. The molecule has 0 aromatic heterocycles. The molecule has 0 aliphatic carbocycles. The lowest BCUT2D eigenvalue weighted by Gasteiger charge is -2.13. The molecule has 2 nitrogen and oxygen atoms in total. The molecule has 0 rings (SSSR count). The molecule has 2 heteroatoms. The van der Waals surface area contributed by atoms with Gasteiger partial charge < -0.3 is 9.47 Å². The summed E-state index contributed by atoms with van der Waals surface area (Å²) in [5.41, 5.74) is 0. The van der Waals surface area contributed by atoms with Crippen LogP contribution in [-0.4, -0.2) is 19.5 Å². The van der Waals surface area contributed by atoms with E-state index in [0.29, 0.717) is 12.5 Å². The molecular weight excluding hydrogens is 128 g/mol. The summed E-state index contributed by atoms with van der Waals surface area (Å²) in [6.45, 7) is 10.9. The minimum atomic E-state index is -0.111. The van der Waals surface area contributed by atoms with Crippen LogP contribution in [0.3, 0.4) is 0 Å². The monoisotopic (exact) mass is 145 g/mol. The Morgan fingerprint density at radius 1 is 1.20 bits per heavy atom. The van der Waals surface area contributed by atoms with Crippen LogP contribution >= 0.6 is 0 Å². The smallest absolute Gasteiger partial charge is 0.154 e. The molecule has 0 aliphatic heterocycles. The zero-order valence-electron chi connectivity index (χ0n) is 7.09. The molecule has 0 spiro atoms. The summed E-state index contributed by atoms with van der Waals surface area (Å²) in [6.07, 6.45) is -0.111. The molecule has 0 aromatic carbocycles. The van der Waals surface area contributed by atoms with Gasteiger partial charge >= 0.3 is 0 Å². The van der Waals surface area contributed by atoms with Crippen molar-refractivity contribution in [1.82, 2.24) is 0 Å². The Bertz CT molecular complexity index is 71.7. The molecule has 10 heavy (non-hydrogen) atoms. The molecule has 0 aromatic rings. The molecule has 0 heterocycles. The predicted octanol–water partition coefficient (Wildman–Crippen LogP) is 1.86. The van der Waals surface area contributed by atoms with Crippen molar-refractivity contribution in [3.8, 4) is 0 Å². The van der Waals surface area contributed by atoms with Gasteiger partial charge in [-0.3, -0.25) is 0 Å². The van der Waals surface area contributed by atoms with Crippen molar-refractivity contribution in [2.24, 2.45) is 5.92 Å². The van der Waals surface area contributed by atoms with E-state index in [4.69, 9.17) is 9.47 Å². The van der Waals surface area contributed by atoms with Gasteiger partial charge in [0.05, 0.1) is 6.61 Å². The van der Waals surface area contributed by atoms with Gasteiger partial charge in [-0.2, -0.15) is 0 Å². The Morgan fingerprint density at radius 2 is 1.80 bits per heavy atom. The minimum Gasteiger partial charge on any atom is -0.353 e. The Kier molecular flexibility index (Phi) is 5.64. The van der Waals surface area contributed by atoms with Gasteiger partial charge in [-0.1, -0.05) is 13.8 Å². The van der Waals surface area contributed by atoms with E-state index in [9.17, 15) is 0 Å². The van der Waals surface area contributed by atoms with Gasteiger partial charge in [-0.15, -0.1) is 0 Å². The van der Waals surface area contributed by atoms with Crippen LogP contribution < -0.4 is 0 Å². The fourth-order valence-corrected chi connectivity index (χ4v) is 0.542. The van der Waals surface area contributed by atoms with Crippen molar-refractivity contribution < 1.29 is 9.47 Å². The van der Waals surface area contributed by atoms with E-state index in [2.05, 4.69) is 20.8 Å². The summed E-state index contributed by atoms with van der Waals surface area (Å²) in [7, 11) is 0. The molecular formula is C8H17O2. The lowest BCUT2D eigenvalue weighted by molar-refractivity contribution is -0.129. The molecule has 1 radical (unpaired) electrons. The van der Waals surface area contributed by atoms with Gasteiger partial charge in [0.2, 0.25) is 0 Å². The zero-order chi connectivity index (χ0) is 7.98. The van der Waals surface area contributed by atoms with Crippen LogP contribution in [0.5, 0.6) is 0 Å². The SMILES string of the molecule is [CH2]COC(C)OCC(C)C. The van der Waals surface area contributed by atoms with Crippen LogP contribution in [0, 0.1) is 12.8 Å². The summed E-state index contributed by atoms with van der Waals surface area (Å²) >= 11 is 0. The first kappa shape index (κ1) is 9.92. The highest BCUT2D eigenvalue weighted by Gasteiger charge is 2.00. The maximum absolute atomic E-state index is 5.28. The second-order valence-electron chi connectivity index (χ2n) is 2.67. The number of hydrogen-bond donors (Lipinski definition) is 0. The highest BCUT2D eigenvalue weighted by molar-refractivity contribution is 4.41.